The summed E-state index contributed by atoms with van der Waals surface area (Å²) in [6.07, 6.45) is 3.53. The summed E-state index contributed by atoms with van der Waals surface area (Å²) in [7, 11) is 1.35. The molecule has 7 heteroatoms. The molecule has 138 valence electrons. The monoisotopic (exact) mass is 387 g/mol. The van der Waals surface area contributed by atoms with E-state index in [2.05, 4.69) is 4.74 Å². The number of nitrogens with zero attached hydrogens (tertiary/aromatic N) is 1. The summed E-state index contributed by atoms with van der Waals surface area (Å²) in [6, 6.07) is 5.01. The van der Waals surface area contributed by atoms with Crippen molar-refractivity contribution >= 4 is 35.1 Å². The van der Waals surface area contributed by atoms with Gasteiger partial charge >= 0.3 is 5.97 Å². The van der Waals surface area contributed by atoms with Crippen molar-refractivity contribution in [2.75, 3.05) is 13.7 Å². The third kappa shape index (κ3) is 5.51. The molecule has 2 rings (SSSR count). The fraction of sp³-hybridized carbons (Fsp3) is 0.556. The van der Waals surface area contributed by atoms with Crippen LogP contribution in [0.15, 0.2) is 18.2 Å². The molecule has 0 aromatic heterocycles. The van der Waals surface area contributed by atoms with Gasteiger partial charge in [-0.05, 0) is 38.0 Å². The van der Waals surface area contributed by atoms with Crippen molar-refractivity contribution in [2.24, 2.45) is 0 Å². The third-order valence-corrected chi connectivity index (χ3v) is 4.91. The van der Waals surface area contributed by atoms with Gasteiger partial charge in [-0.25, -0.2) is 0 Å². The first-order chi connectivity index (χ1) is 11.9. The maximum absolute atomic E-state index is 12.9. The van der Waals surface area contributed by atoms with Crippen LogP contribution < -0.4 is 4.74 Å². The van der Waals surface area contributed by atoms with Gasteiger partial charge in [-0.15, -0.1) is 0 Å². The molecule has 5 nitrogen and oxygen atoms in total. The maximum Gasteiger partial charge on any atom is 0.307 e. The molecule has 1 aromatic carbocycles. The largest absolute Gasteiger partial charge is 0.479 e. The second-order valence-electron chi connectivity index (χ2n) is 6.13. The molecule has 1 aliphatic rings. The Kier molecular flexibility index (Phi) is 7.38. The smallest absolute Gasteiger partial charge is 0.307 e. The Morgan fingerprint density at radius 3 is 2.56 bits per heavy atom. The van der Waals surface area contributed by atoms with Crippen LogP contribution in [0.1, 0.15) is 39.0 Å². The van der Waals surface area contributed by atoms with E-state index in [-0.39, 0.29) is 24.3 Å². The molecule has 1 unspecified atom stereocenters. The first-order valence-corrected chi connectivity index (χ1v) is 9.17. The minimum atomic E-state index is -0.711. The lowest BCUT2D eigenvalue weighted by atomic mass is 10.1. The van der Waals surface area contributed by atoms with Crippen LogP contribution in [0.25, 0.3) is 0 Å². The minimum Gasteiger partial charge on any atom is -0.479 e. The van der Waals surface area contributed by atoms with Crippen LogP contribution in [0.5, 0.6) is 5.75 Å². The zero-order valence-electron chi connectivity index (χ0n) is 14.5. The highest BCUT2D eigenvalue weighted by atomic mass is 35.5. The molecule has 0 N–H and O–H groups in total. The Balaban J connectivity index is 2.06. The van der Waals surface area contributed by atoms with E-state index in [0.717, 1.165) is 25.7 Å². The van der Waals surface area contributed by atoms with Crippen LogP contribution in [0.3, 0.4) is 0 Å². The lowest BCUT2D eigenvalue weighted by molar-refractivity contribution is -0.144. The topological polar surface area (TPSA) is 55.8 Å². The lowest BCUT2D eigenvalue weighted by Crippen LogP contribution is -2.46. The van der Waals surface area contributed by atoms with E-state index in [1.165, 1.54) is 7.11 Å². The number of methoxy groups -OCH3 is 1. The minimum absolute atomic E-state index is 0.142. The predicted molar refractivity (Wildman–Crippen MR) is 97.2 cm³/mol. The summed E-state index contributed by atoms with van der Waals surface area (Å²) in [5.74, 6) is -0.0711. The predicted octanol–water partition coefficient (Wildman–Crippen LogP) is 4.10. The van der Waals surface area contributed by atoms with Crippen molar-refractivity contribution in [1.82, 2.24) is 4.90 Å². The van der Waals surface area contributed by atoms with Gasteiger partial charge in [0.1, 0.15) is 5.75 Å². The van der Waals surface area contributed by atoms with Crippen LogP contribution >= 0.6 is 23.2 Å². The summed E-state index contributed by atoms with van der Waals surface area (Å²) in [5, 5.41) is 0.858. The molecule has 0 saturated heterocycles. The first-order valence-electron chi connectivity index (χ1n) is 8.41. The Morgan fingerprint density at radius 2 is 1.96 bits per heavy atom. The van der Waals surface area contributed by atoms with Gasteiger partial charge in [0.05, 0.1) is 18.6 Å². The van der Waals surface area contributed by atoms with E-state index in [1.54, 1.807) is 30.0 Å². The molecule has 0 spiro atoms. The molecule has 0 heterocycles. The van der Waals surface area contributed by atoms with Crippen molar-refractivity contribution < 1.29 is 19.1 Å². The Bertz CT molecular complexity index is 617. The van der Waals surface area contributed by atoms with Gasteiger partial charge in [-0.2, -0.15) is 0 Å². The van der Waals surface area contributed by atoms with Crippen molar-refractivity contribution in [3.05, 3.63) is 28.2 Å². The molecule has 1 amide bonds. The highest BCUT2D eigenvalue weighted by molar-refractivity contribution is 6.35. The van der Waals surface area contributed by atoms with E-state index in [1.807, 2.05) is 0 Å². The van der Waals surface area contributed by atoms with Crippen LogP contribution in [0.2, 0.25) is 10.0 Å². The zero-order valence-corrected chi connectivity index (χ0v) is 16.0. The Hall–Kier alpha value is -1.46. The molecule has 0 bridgehead atoms. The summed E-state index contributed by atoms with van der Waals surface area (Å²) >= 11 is 12.0. The van der Waals surface area contributed by atoms with Crippen LogP contribution in [0, 0.1) is 0 Å². The molecular formula is C18H23Cl2NO4. The molecule has 1 atom stereocenters. The van der Waals surface area contributed by atoms with Gasteiger partial charge in [0.2, 0.25) is 0 Å². The Morgan fingerprint density at radius 1 is 1.28 bits per heavy atom. The molecule has 0 radical (unpaired) electrons. The van der Waals surface area contributed by atoms with Crippen molar-refractivity contribution in [3.8, 4) is 5.75 Å². The van der Waals surface area contributed by atoms with E-state index in [9.17, 15) is 9.59 Å². The van der Waals surface area contributed by atoms with Crippen molar-refractivity contribution in [2.45, 2.75) is 51.2 Å². The number of amides is 1. The molecule has 1 aromatic rings. The second-order valence-corrected chi connectivity index (χ2v) is 6.97. The maximum atomic E-state index is 12.9. The number of ether oxygens (including phenoxy) is 2. The van der Waals surface area contributed by atoms with Crippen molar-refractivity contribution in [1.29, 1.82) is 0 Å². The first kappa shape index (κ1) is 19.9. The molecule has 25 heavy (non-hydrogen) atoms. The summed E-state index contributed by atoms with van der Waals surface area (Å²) < 4.78 is 10.4. The average molecular weight is 388 g/mol. The molecular weight excluding hydrogens is 365 g/mol. The number of carbonyl (C=O) groups is 2. The molecule has 0 aliphatic heterocycles. The van der Waals surface area contributed by atoms with Gasteiger partial charge in [0.25, 0.3) is 5.91 Å². The SMILES string of the molecule is COC(=O)CCN(C(=O)C(C)Oc1ccc(Cl)cc1Cl)C1CCCC1. The van der Waals surface area contributed by atoms with Gasteiger partial charge in [-0.3, -0.25) is 9.59 Å². The van der Waals surface area contributed by atoms with Gasteiger partial charge < -0.3 is 14.4 Å². The number of benzene rings is 1. The number of carbonyl (C=O) groups excluding carboxylic acids is 2. The summed E-state index contributed by atoms with van der Waals surface area (Å²) in [6.45, 7) is 2.02. The normalized spacial score (nSPS) is 15.7. The zero-order chi connectivity index (χ0) is 18.4. The van der Waals surface area contributed by atoms with Crippen LogP contribution in [0.4, 0.5) is 0 Å². The summed E-state index contributed by atoms with van der Waals surface area (Å²) in [4.78, 5) is 26.1. The average Bonchev–Trinajstić information content (AvgIpc) is 3.11. The number of hydrogen-bond acceptors (Lipinski definition) is 4. The van der Waals surface area contributed by atoms with Crippen LogP contribution in [-0.4, -0.2) is 42.6 Å². The van der Waals surface area contributed by atoms with Gasteiger partial charge in [0, 0.05) is 17.6 Å². The second kappa shape index (κ2) is 9.30. The molecule has 1 fully saturated rings. The summed E-state index contributed by atoms with van der Waals surface area (Å²) in [5.41, 5.74) is 0. The number of rotatable bonds is 7. The molecule has 1 aliphatic carbocycles. The Labute approximate surface area is 158 Å². The number of halogens is 2. The molecule has 1 saturated carbocycles. The van der Waals surface area contributed by atoms with Gasteiger partial charge in [0.15, 0.2) is 6.10 Å². The highest BCUT2D eigenvalue weighted by Crippen LogP contribution is 2.29. The number of hydrogen-bond donors (Lipinski definition) is 0. The third-order valence-electron chi connectivity index (χ3n) is 4.38. The fourth-order valence-electron chi connectivity index (χ4n) is 3.05. The number of esters is 1. The standard InChI is InChI=1S/C18H23Cl2NO4/c1-12(25-16-8-7-13(19)11-15(16)20)18(23)21(10-9-17(22)24-2)14-5-3-4-6-14/h7-8,11-12,14H,3-6,9-10H2,1-2H3. The van der Waals surface area contributed by atoms with Crippen molar-refractivity contribution in [3.63, 3.8) is 0 Å². The van der Waals surface area contributed by atoms with Gasteiger partial charge in [-0.1, -0.05) is 36.0 Å². The fourth-order valence-corrected chi connectivity index (χ4v) is 3.50. The highest BCUT2D eigenvalue weighted by Gasteiger charge is 2.31. The van der Waals surface area contributed by atoms with E-state index < -0.39 is 6.10 Å². The van der Waals surface area contributed by atoms with E-state index in [4.69, 9.17) is 27.9 Å². The van der Waals surface area contributed by atoms with E-state index >= 15 is 0 Å². The van der Waals surface area contributed by atoms with E-state index in [0.29, 0.717) is 22.3 Å². The quantitative estimate of drug-likeness (QED) is 0.660. The van der Waals surface area contributed by atoms with Crippen LogP contribution in [-0.2, 0) is 14.3 Å². The lowest BCUT2D eigenvalue weighted by Gasteiger charge is -2.31.